The standard InChI is InChI=1S/C25H29N7O3/c1-19-23-22(24(30-12-5-6-13-30)32(28-23)20-8-3-2-4-9-20)25(34)31(27-19)18-21(33)26-10-7-11-29-14-16-35-17-15-29/h2-6,8-9,12-13H,7,10-11,14-18H2,1H3,(H,26,33). The maximum atomic E-state index is 13.5. The van der Waals surface area contributed by atoms with Crippen LogP contribution in [0.4, 0.5) is 0 Å². The minimum Gasteiger partial charge on any atom is -0.379 e. The average molecular weight is 476 g/mol. The number of carbonyl (C=O) groups excluding carboxylic acids is 1. The minimum atomic E-state index is -0.347. The number of hydrogen-bond donors (Lipinski definition) is 1. The van der Waals surface area contributed by atoms with Crippen molar-refractivity contribution in [2.45, 2.75) is 19.9 Å². The van der Waals surface area contributed by atoms with Crippen LogP contribution in [0, 0.1) is 6.92 Å². The summed E-state index contributed by atoms with van der Waals surface area (Å²) >= 11 is 0. The molecule has 0 saturated carbocycles. The Bertz CT molecular complexity index is 1350. The monoisotopic (exact) mass is 475 g/mol. The van der Waals surface area contributed by atoms with Crippen molar-refractivity contribution in [2.75, 3.05) is 39.4 Å². The van der Waals surface area contributed by atoms with Gasteiger partial charge in [0.1, 0.15) is 17.4 Å². The van der Waals surface area contributed by atoms with Crippen LogP contribution < -0.4 is 10.9 Å². The molecule has 35 heavy (non-hydrogen) atoms. The number of amides is 1. The highest BCUT2D eigenvalue weighted by molar-refractivity contribution is 5.88. The molecule has 0 atom stereocenters. The molecule has 1 aromatic carbocycles. The molecule has 1 N–H and O–H groups in total. The van der Waals surface area contributed by atoms with Gasteiger partial charge in [-0.3, -0.25) is 14.5 Å². The molecular weight excluding hydrogens is 446 g/mol. The first-order valence-corrected chi connectivity index (χ1v) is 11.9. The van der Waals surface area contributed by atoms with Crippen molar-refractivity contribution < 1.29 is 9.53 Å². The topological polar surface area (TPSA) is 99.2 Å². The van der Waals surface area contributed by atoms with E-state index in [0.29, 0.717) is 29.0 Å². The molecule has 10 heteroatoms. The minimum absolute atomic E-state index is 0.144. The fraction of sp³-hybridized carbons (Fsp3) is 0.360. The van der Waals surface area contributed by atoms with Gasteiger partial charge >= 0.3 is 0 Å². The normalized spacial score (nSPS) is 14.4. The van der Waals surface area contributed by atoms with E-state index >= 15 is 0 Å². The molecule has 0 unspecified atom stereocenters. The molecule has 1 aliphatic heterocycles. The van der Waals surface area contributed by atoms with E-state index in [2.05, 4.69) is 15.3 Å². The van der Waals surface area contributed by atoms with Gasteiger partial charge in [-0.2, -0.15) is 10.2 Å². The van der Waals surface area contributed by atoms with E-state index in [9.17, 15) is 9.59 Å². The summed E-state index contributed by atoms with van der Waals surface area (Å²) in [4.78, 5) is 28.5. The van der Waals surface area contributed by atoms with Crippen LogP contribution in [0.1, 0.15) is 12.1 Å². The van der Waals surface area contributed by atoms with Gasteiger partial charge in [0.2, 0.25) is 5.91 Å². The van der Waals surface area contributed by atoms with Crippen molar-refractivity contribution in [3.05, 3.63) is 70.9 Å². The summed E-state index contributed by atoms with van der Waals surface area (Å²) in [7, 11) is 0. The SMILES string of the molecule is Cc1nn(CC(=O)NCCCN2CCOCC2)c(=O)c2c(-n3cccc3)n(-c3ccccc3)nc12. The third kappa shape index (κ3) is 4.89. The van der Waals surface area contributed by atoms with Gasteiger partial charge in [0.25, 0.3) is 5.56 Å². The second-order valence-electron chi connectivity index (χ2n) is 8.59. The molecule has 5 rings (SSSR count). The Labute approximate surface area is 202 Å². The molecule has 1 amide bonds. The van der Waals surface area contributed by atoms with Crippen molar-refractivity contribution in [1.29, 1.82) is 0 Å². The second kappa shape index (κ2) is 10.2. The van der Waals surface area contributed by atoms with Crippen LogP contribution in [0.25, 0.3) is 22.4 Å². The number of aryl methyl sites for hydroxylation is 1. The Kier molecular flexibility index (Phi) is 6.73. The van der Waals surface area contributed by atoms with Gasteiger partial charge < -0.3 is 14.6 Å². The van der Waals surface area contributed by atoms with E-state index in [1.165, 1.54) is 4.68 Å². The van der Waals surface area contributed by atoms with Crippen molar-refractivity contribution >= 4 is 16.8 Å². The number of morpholine rings is 1. The molecule has 0 radical (unpaired) electrons. The van der Waals surface area contributed by atoms with Gasteiger partial charge in [-0.1, -0.05) is 18.2 Å². The largest absolute Gasteiger partial charge is 0.379 e. The van der Waals surface area contributed by atoms with E-state index in [-0.39, 0.29) is 18.0 Å². The van der Waals surface area contributed by atoms with E-state index < -0.39 is 0 Å². The van der Waals surface area contributed by atoms with E-state index in [0.717, 1.165) is 45.0 Å². The smallest absolute Gasteiger partial charge is 0.280 e. The molecule has 182 valence electrons. The lowest BCUT2D eigenvalue weighted by Gasteiger charge is -2.26. The van der Waals surface area contributed by atoms with Crippen LogP contribution in [0.5, 0.6) is 0 Å². The Balaban J connectivity index is 1.40. The first-order valence-electron chi connectivity index (χ1n) is 11.9. The quantitative estimate of drug-likeness (QED) is 0.388. The first kappa shape index (κ1) is 23.0. The molecule has 3 aromatic heterocycles. The fourth-order valence-electron chi connectivity index (χ4n) is 4.38. The number of carbonyl (C=O) groups is 1. The zero-order valence-corrected chi connectivity index (χ0v) is 19.8. The van der Waals surface area contributed by atoms with Gasteiger partial charge in [0, 0.05) is 32.0 Å². The molecular formula is C25H29N7O3. The summed E-state index contributed by atoms with van der Waals surface area (Å²) in [5.41, 5.74) is 1.59. The van der Waals surface area contributed by atoms with Crippen molar-refractivity contribution in [3.63, 3.8) is 0 Å². The number of ether oxygens (including phenoxy) is 1. The third-order valence-corrected chi connectivity index (χ3v) is 6.14. The van der Waals surface area contributed by atoms with Crippen LogP contribution in [0.2, 0.25) is 0 Å². The predicted molar refractivity (Wildman–Crippen MR) is 132 cm³/mol. The van der Waals surface area contributed by atoms with Gasteiger partial charge in [-0.15, -0.1) is 0 Å². The highest BCUT2D eigenvalue weighted by Crippen LogP contribution is 2.24. The molecule has 4 aromatic rings. The number of nitrogens with one attached hydrogen (secondary N) is 1. The maximum Gasteiger partial charge on any atom is 0.280 e. The Morgan fingerprint density at radius 3 is 2.54 bits per heavy atom. The van der Waals surface area contributed by atoms with Gasteiger partial charge in [0.15, 0.2) is 5.82 Å². The Morgan fingerprint density at radius 2 is 1.80 bits per heavy atom. The summed E-state index contributed by atoms with van der Waals surface area (Å²) < 4.78 is 10.2. The van der Waals surface area contributed by atoms with Crippen molar-refractivity contribution in [1.82, 2.24) is 34.3 Å². The number of rotatable bonds is 8. The lowest BCUT2D eigenvalue weighted by molar-refractivity contribution is -0.121. The Hall–Kier alpha value is -3.76. The summed E-state index contributed by atoms with van der Waals surface area (Å²) in [6.45, 7) is 6.48. The number of para-hydroxylation sites is 1. The van der Waals surface area contributed by atoms with Crippen LogP contribution in [-0.4, -0.2) is 74.3 Å². The zero-order valence-electron chi connectivity index (χ0n) is 19.8. The maximum absolute atomic E-state index is 13.5. The molecule has 0 aliphatic carbocycles. The molecule has 1 fully saturated rings. The van der Waals surface area contributed by atoms with Crippen LogP contribution >= 0.6 is 0 Å². The number of nitrogens with zero attached hydrogens (tertiary/aromatic N) is 6. The number of aromatic nitrogens is 5. The Morgan fingerprint density at radius 1 is 1.06 bits per heavy atom. The van der Waals surface area contributed by atoms with Crippen LogP contribution in [0.3, 0.4) is 0 Å². The molecule has 1 saturated heterocycles. The number of hydrogen-bond acceptors (Lipinski definition) is 6. The van der Waals surface area contributed by atoms with E-state index in [1.807, 2.05) is 59.4 Å². The summed E-state index contributed by atoms with van der Waals surface area (Å²) in [5, 5.41) is 12.5. The third-order valence-electron chi connectivity index (χ3n) is 6.14. The molecule has 10 nitrogen and oxygen atoms in total. The van der Waals surface area contributed by atoms with Crippen molar-refractivity contribution in [2.24, 2.45) is 0 Å². The molecule has 4 heterocycles. The lowest BCUT2D eigenvalue weighted by Crippen LogP contribution is -2.39. The van der Waals surface area contributed by atoms with Gasteiger partial charge in [0.05, 0.1) is 24.6 Å². The van der Waals surface area contributed by atoms with Gasteiger partial charge in [-0.25, -0.2) is 9.36 Å². The van der Waals surface area contributed by atoms with E-state index in [4.69, 9.17) is 9.84 Å². The fourth-order valence-corrected chi connectivity index (χ4v) is 4.38. The average Bonchev–Trinajstić information content (AvgIpc) is 3.55. The predicted octanol–water partition coefficient (Wildman–Crippen LogP) is 1.52. The van der Waals surface area contributed by atoms with E-state index in [1.54, 1.807) is 11.6 Å². The van der Waals surface area contributed by atoms with Crippen LogP contribution in [-0.2, 0) is 16.1 Å². The van der Waals surface area contributed by atoms with Gasteiger partial charge in [-0.05, 0) is 44.2 Å². The number of benzene rings is 1. The zero-order chi connectivity index (χ0) is 24.2. The lowest BCUT2D eigenvalue weighted by atomic mass is 10.2. The highest BCUT2D eigenvalue weighted by atomic mass is 16.5. The van der Waals surface area contributed by atoms with Crippen molar-refractivity contribution in [3.8, 4) is 11.5 Å². The van der Waals surface area contributed by atoms with Crippen LogP contribution in [0.15, 0.2) is 59.7 Å². The summed E-state index contributed by atoms with van der Waals surface area (Å²) in [6, 6.07) is 13.4. The summed E-state index contributed by atoms with van der Waals surface area (Å²) in [6.07, 6.45) is 4.58. The highest BCUT2D eigenvalue weighted by Gasteiger charge is 2.22. The first-order chi connectivity index (χ1) is 17.1. The molecule has 1 aliphatic rings. The molecule has 0 bridgehead atoms. The number of fused-ring (bicyclic) bond motifs is 1. The summed E-state index contributed by atoms with van der Waals surface area (Å²) in [5.74, 6) is 0.379. The second-order valence-corrected chi connectivity index (χ2v) is 8.59. The molecule has 0 spiro atoms.